The highest BCUT2D eigenvalue weighted by atomic mass is 16.2. The molecule has 1 atom stereocenters. The van der Waals surface area contributed by atoms with E-state index in [9.17, 15) is 9.59 Å². The lowest BCUT2D eigenvalue weighted by atomic mass is 9.87. The minimum Gasteiger partial charge on any atom is -0.311 e. The van der Waals surface area contributed by atoms with Crippen molar-refractivity contribution in [1.82, 2.24) is 19.6 Å². The number of fused-ring (bicyclic) bond motifs is 1. The predicted molar refractivity (Wildman–Crippen MR) is 94.8 cm³/mol. The van der Waals surface area contributed by atoms with Crippen molar-refractivity contribution in [3.63, 3.8) is 0 Å². The fourth-order valence-electron chi connectivity index (χ4n) is 4.40. The third kappa shape index (κ3) is 2.81. The number of aromatic nitrogens is 4. The minimum absolute atomic E-state index is 0.0397. The van der Waals surface area contributed by atoms with E-state index in [4.69, 9.17) is 0 Å². The summed E-state index contributed by atoms with van der Waals surface area (Å²) in [7, 11) is 1.86. The highest BCUT2D eigenvalue weighted by Crippen LogP contribution is 2.38. The first-order valence-corrected chi connectivity index (χ1v) is 9.19. The minimum atomic E-state index is -0.228. The number of hydrogen-bond acceptors (Lipinski definition) is 3. The molecule has 1 aliphatic heterocycles. The Balaban J connectivity index is 1.80. The molecule has 3 heterocycles. The molecular weight excluding hydrogens is 318 g/mol. The van der Waals surface area contributed by atoms with Gasteiger partial charge in [0.15, 0.2) is 0 Å². The Hall–Kier alpha value is -2.31. The summed E-state index contributed by atoms with van der Waals surface area (Å²) in [5.74, 6) is 0.400. The summed E-state index contributed by atoms with van der Waals surface area (Å²) >= 11 is 0. The normalized spacial score (nSPS) is 21.7. The fourth-order valence-corrected chi connectivity index (χ4v) is 4.40. The van der Waals surface area contributed by atoms with Gasteiger partial charge in [-0.25, -0.2) is 0 Å². The van der Waals surface area contributed by atoms with Gasteiger partial charge in [0.2, 0.25) is 5.91 Å². The van der Waals surface area contributed by atoms with Gasteiger partial charge in [0.1, 0.15) is 5.82 Å². The van der Waals surface area contributed by atoms with E-state index in [1.54, 1.807) is 4.68 Å². The maximum absolute atomic E-state index is 12.8. The largest absolute Gasteiger partial charge is 0.311 e. The number of aromatic amines is 1. The Morgan fingerprint density at radius 2 is 1.88 bits per heavy atom. The lowest BCUT2D eigenvalue weighted by molar-refractivity contribution is -0.116. The molecule has 0 radical (unpaired) electrons. The number of H-pyrrole nitrogens is 1. The molecule has 1 fully saturated rings. The second-order valence-corrected chi connectivity index (χ2v) is 7.37. The van der Waals surface area contributed by atoms with Gasteiger partial charge in [-0.1, -0.05) is 25.7 Å². The second kappa shape index (κ2) is 6.20. The zero-order valence-electron chi connectivity index (χ0n) is 14.8. The molecule has 1 aliphatic carbocycles. The van der Waals surface area contributed by atoms with Gasteiger partial charge in [-0.15, -0.1) is 0 Å². The maximum atomic E-state index is 12.8. The van der Waals surface area contributed by atoms with Crippen molar-refractivity contribution in [2.45, 2.75) is 63.8 Å². The molecule has 0 bridgehead atoms. The number of hydrogen-bond donors (Lipinski definition) is 2. The summed E-state index contributed by atoms with van der Waals surface area (Å²) in [6.45, 7) is 1.93. The van der Waals surface area contributed by atoms with E-state index < -0.39 is 0 Å². The van der Waals surface area contributed by atoms with Crippen LogP contribution < -0.4 is 10.9 Å². The molecule has 7 heteroatoms. The van der Waals surface area contributed by atoms with E-state index in [1.807, 2.05) is 24.9 Å². The molecule has 1 amide bonds. The Morgan fingerprint density at radius 1 is 1.16 bits per heavy atom. The van der Waals surface area contributed by atoms with E-state index >= 15 is 0 Å². The molecule has 0 spiro atoms. The van der Waals surface area contributed by atoms with Crippen LogP contribution in [0, 0.1) is 6.92 Å². The zero-order valence-corrected chi connectivity index (χ0v) is 14.8. The molecule has 0 aromatic carbocycles. The molecule has 25 heavy (non-hydrogen) atoms. The number of carbonyl (C=O) groups excluding carboxylic acids is 1. The van der Waals surface area contributed by atoms with Crippen LogP contribution in [0.15, 0.2) is 11.0 Å². The predicted octanol–water partition coefficient (Wildman–Crippen LogP) is 2.59. The first-order valence-electron chi connectivity index (χ1n) is 9.19. The standard InChI is InChI=1S/C18H25N5O2/c1-11-14(10-22(2)20-11)13-9-15(24)19-17-16(13)18(25)21-23(17)12-7-5-3-4-6-8-12/h10,12-13H,3-9H2,1-2H3,(H,19,24)(H,21,25)/t13-/m1/s1. The van der Waals surface area contributed by atoms with Crippen molar-refractivity contribution < 1.29 is 4.79 Å². The molecule has 134 valence electrons. The van der Waals surface area contributed by atoms with Crippen LogP contribution in [0.25, 0.3) is 0 Å². The zero-order chi connectivity index (χ0) is 17.6. The van der Waals surface area contributed by atoms with Crippen molar-refractivity contribution in [2.75, 3.05) is 5.32 Å². The highest BCUT2D eigenvalue weighted by molar-refractivity contribution is 5.94. The van der Waals surface area contributed by atoms with Gasteiger partial charge in [-0.2, -0.15) is 5.10 Å². The van der Waals surface area contributed by atoms with Crippen LogP contribution in [0.3, 0.4) is 0 Å². The number of rotatable bonds is 2. The van der Waals surface area contributed by atoms with Gasteiger partial charge in [-0.05, 0) is 19.8 Å². The van der Waals surface area contributed by atoms with Crippen LogP contribution in [0.4, 0.5) is 5.82 Å². The lowest BCUT2D eigenvalue weighted by Crippen LogP contribution is -2.27. The van der Waals surface area contributed by atoms with Crippen LogP contribution in [0.2, 0.25) is 0 Å². The molecule has 0 saturated heterocycles. The topological polar surface area (TPSA) is 84.7 Å². The number of aryl methyl sites for hydroxylation is 2. The van der Waals surface area contributed by atoms with Crippen molar-refractivity contribution >= 4 is 11.7 Å². The highest BCUT2D eigenvalue weighted by Gasteiger charge is 2.35. The monoisotopic (exact) mass is 343 g/mol. The average molecular weight is 343 g/mol. The number of carbonyl (C=O) groups is 1. The Kier molecular flexibility index (Phi) is 4.01. The fraction of sp³-hybridized carbons (Fsp3) is 0.611. The van der Waals surface area contributed by atoms with E-state index in [1.165, 1.54) is 25.7 Å². The van der Waals surface area contributed by atoms with Gasteiger partial charge in [-0.3, -0.25) is 24.1 Å². The van der Waals surface area contributed by atoms with Crippen LogP contribution in [0.1, 0.15) is 73.7 Å². The number of amides is 1. The van der Waals surface area contributed by atoms with Gasteiger partial charge < -0.3 is 5.32 Å². The third-order valence-corrected chi connectivity index (χ3v) is 5.58. The lowest BCUT2D eigenvalue weighted by Gasteiger charge is -2.25. The van der Waals surface area contributed by atoms with E-state index in [2.05, 4.69) is 15.5 Å². The molecule has 2 N–H and O–H groups in total. The van der Waals surface area contributed by atoms with Crippen LogP contribution in [-0.2, 0) is 11.8 Å². The smallest absolute Gasteiger partial charge is 0.270 e. The summed E-state index contributed by atoms with van der Waals surface area (Å²) in [5, 5.41) is 10.4. The maximum Gasteiger partial charge on any atom is 0.270 e. The molecular formula is C18H25N5O2. The van der Waals surface area contributed by atoms with Gasteiger partial charge in [0, 0.05) is 31.1 Å². The van der Waals surface area contributed by atoms with Gasteiger partial charge in [0.05, 0.1) is 17.3 Å². The van der Waals surface area contributed by atoms with Crippen molar-refractivity contribution in [2.24, 2.45) is 7.05 Å². The van der Waals surface area contributed by atoms with Crippen LogP contribution >= 0.6 is 0 Å². The molecule has 7 nitrogen and oxygen atoms in total. The molecule has 2 aromatic rings. The summed E-state index contributed by atoms with van der Waals surface area (Å²) in [4.78, 5) is 25.1. The summed E-state index contributed by atoms with van der Waals surface area (Å²) in [5.41, 5.74) is 2.42. The van der Waals surface area contributed by atoms with Crippen LogP contribution in [0.5, 0.6) is 0 Å². The van der Waals surface area contributed by atoms with Crippen LogP contribution in [-0.4, -0.2) is 25.5 Å². The molecule has 2 aliphatic rings. The summed E-state index contributed by atoms with van der Waals surface area (Å²) in [6, 6.07) is 0.257. The first-order chi connectivity index (χ1) is 12.0. The Bertz CT molecular complexity index is 851. The number of nitrogens with zero attached hydrogens (tertiary/aromatic N) is 3. The quantitative estimate of drug-likeness (QED) is 0.822. The van der Waals surface area contributed by atoms with Crippen molar-refractivity contribution in [3.05, 3.63) is 33.4 Å². The number of nitrogens with one attached hydrogen (secondary N) is 2. The molecule has 2 aromatic heterocycles. The molecule has 1 saturated carbocycles. The number of anilines is 1. The SMILES string of the molecule is Cc1nn(C)cc1[C@H]1CC(=O)Nc2c1c(=O)[nH]n2C1CCCCCC1. The third-order valence-electron chi connectivity index (χ3n) is 5.58. The summed E-state index contributed by atoms with van der Waals surface area (Å²) in [6.07, 6.45) is 9.12. The second-order valence-electron chi connectivity index (χ2n) is 7.37. The van der Waals surface area contributed by atoms with Gasteiger partial charge >= 0.3 is 0 Å². The van der Waals surface area contributed by atoms with Crippen molar-refractivity contribution in [3.8, 4) is 0 Å². The Morgan fingerprint density at radius 3 is 2.52 bits per heavy atom. The Labute approximate surface area is 146 Å². The average Bonchev–Trinajstić information content (AvgIpc) is 2.93. The summed E-state index contributed by atoms with van der Waals surface area (Å²) < 4.78 is 3.67. The van der Waals surface area contributed by atoms with Gasteiger partial charge in [0.25, 0.3) is 5.56 Å². The molecule has 0 unspecified atom stereocenters. The van der Waals surface area contributed by atoms with E-state index in [-0.39, 0.29) is 29.8 Å². The first kappa shape index (κ1) is 16.2. The molecule has 4 rings (SSSR count). The van der Waals surface area contributed by atoms with E-state index in [0.717, 1.165) is 24.1 Å². The van der Waals surface area contributed by atoms with Crippen molar-refractivity contribution in [1.29, 1.82) is 0 Å². The van der Waals surface area contributed by atoms with E-state index in [0.29, 0.717) is 11.4 Å².